The van der Waals surface area contributed by atoms with Crippen molar-refractivity contribution in [2.24, 2.45) is 0 Å². The molecular formula is C20H31N3O4. The Morgan fingerprint density at radius 1 is 1.11 bits per heavy atom. The lowest BCUT2D eigenvalue weighted by molar-refractivity contribution is -0.129. The molecule has 1 aromatic rings. The number of carbonyl (C=O) groups excluding carboxylic acids is 2. The zero-order chi connectivity index (χ0) is 20.0. The second kappa shape index (κ2) is 9.60. The second-order valence-corrected chi connectivity index (χ2v) is 7.24. The van der Waals surface area contributed by atoms with Crippen LogP contribution in [-0.4, -0.2) is 86.5 Å². The molecular weight excluding hydrogens is 346 g/mol. The summed E-state index contributed by atoms with van der Waals surface area (Å²) in [6.07, 6.45) is 0.875. The molecule has 2 amide bonds. The summed E-state index contributed by atoms with van der Waals surface area (Å²) in [4.78, 5) is 30.4. The molecule has 0 aliphatic carbocycles. The number of benzene rings is 1. The van der Waals surface area contributed by atoms with Gasteiger partial charge in [0.25, 0.3) is 5.91 Å². The summed E-state index contributed by atoms with van der Waals surface area (Å²) < 4.78 is 11.1. The highest BCUT2D eigenvalue weighted by Gasteiger charge is 2.23. The van der Waals surface area contributed by atoms with Crippen LogP contribution in [0.25, 0.3) is 0 Å². The molecule has 0 bridgehead atoms. The number of likely N-dealkylation sites (N-methyl/N-ethyl adjacent to an activating group) is 1. The molecule has 27 heavy (non-hydrogen) atoms. The lowest BCUT2D eigenvalue weighted by Gasteiger charge is -2.23. The van der Waals surface area contributed by atoms with Crippen molar-refractivity contribution in [1.29, 1.82) is 0 Å². The van der Waals surface area contributed by atoms with Gasteiger partial charge in [-0.2, -0.15) is 0 Å². The summed E-state index contributed by atoms with van der Waals surface area (Å²) in [5, 5.41) is 0. The molecule has 7 heteroatoms. The highest BCUT2D eigenvalue weighted by atomic mass is 16.5. The molecule has 1 fully saturated rings. The number of methoxy groups -OCH3 is 1. The molecule has 0 unspecified atom stereocenters. The third-order valence-electron chi connectivity index (χ3n) is 4.51. The average molecular weight is 377 g/mol. The van der Waals surface area contributed by atoms with Gasteiger partial charge in [0.15, 0.2) is 11.5 Å². The van der Waals surface area contributed by atoms with E-state index in [0.717, 1.165) is 13.0 Å². The first-order valence-electron chi connectivity index (χ1n) is 9.38. The van der Waals surface area contributed by atoms with Crippen LogP contribution in [0.1, 0.15) is 30.6 Å². The molecule has 2 rings (SSSR count). The van der Waals surface area contributed by atoms with Crippen LogP contribution in [0.4, 0.5) is 0 Å². The van der Waals surface area contributed by atoms with Crippen LogP contribution in [0, 0.1) is 0 Å². The minimum absolute atomic E-state index is 0.0230. The Morgan fingerprint density at radius 3 is 2.48 bits per heavy atom. The Kier molecular flexibility index (Phi) is 7.47. The van der Waals surface area contributed by atoms with Crippen molar-refractivity contribution in [2.75, 3.05) is 53.9 Å². The van der Waals surface area contributed by atoms with Gasteiger partial charge in [-0.3, -0.25) is 14.5 Å². The molecule has 1 heterocycles. The highest BCUT2D eigenvalue weighted by Crippen LogP contribution is 2.29. The third kappa shape index (κ3) is 5.85. The maximum absolute atomic E-state index is 12.9. The van der Waals surface area contributed by atoms with Crippen molar-refractivity contribution in [1.82, 2.24) is 14.7 Å². The van der Waals surface area contributed by atoms with Gasteiger partial charge >= 0.3 is 0 Å². The molecule has 1 aliphatic rings. The van der Waals surface area contributed by atoms with E-state index in [9.17, 15) is 9.59 Å². The lowest BCUT2D eigenvalue weighted by atomic mass is 10.1. The first kappa shape index (κ1) is 21.0. The van der Waals surface area contributed by atoms with E-state index in [1.165, 1.54) is 0 Å². The van der Waals surface area contributed by atoms with Crippen LogP contribution >= 0.6 is 0 Å². The van der Waals surface area contributed by atoms with Crippen LogP contribution in [0.3, 0.4) is 0 Å². The van der Waals surface area contributed by atoms with Gasteiger partial charge in [0.05, 0.1) is 19.8 Å². The summed E-state index contributed by atoms with van der Waals surface area (Å²) in [5.74, 6) is 1.25. The normalized spacial score (nSPS) is 15.4. The van der Waals surface area contributed by atoms with E-state index in [4.69, 9.17) is 9.47 Å². The maximum atomic E-state index is 12.9. The maximum Gasteiger partial charge on any atom is 0.254 e. The molecule has 0 saturated carbocycles. The standard InChI is InChI=1S/C20H31N3O4/c1-15(2)27-17-8-7-16(13-18(17)26-5)20(25)23-10-6-9-22(11-12-23)14-19(24)21(3)4/h7-8,13,15H,6,9-12,14H2,1-5H3. The van der Waals surface area contributed by atoms with Crippen molar-refractivity contribution < 1.29 is 19.1 Å². The molecule has 1 aromatic carbocycles. The second-order valence-electron chi connectivity index (χ2n) is 7.24. The van der Waals surface area contributed by atoms with Crippen molar-refractivity contribution in [2.45, 2.75) is 26.4 Å². The van der Waals surface area contributed by atoms with Crippen molar-refractivity contribution in [3.8, 4) is 11.5 Å². The van der Waals surface area contributed by atoms with Gasteiger partial charge in [-0.05, 0) is 38.5 Å². The monoisotopic (exact) mass is 377 g/mol. The summed E-state index contributed by atoms with van der Waals surface area (Å²) >= 11 is 0. The summed E-state index contributed by atoms with van der Waals surface area (Å²) in [5.41, 5.74) is 0.584. The molecule has 0 N–H and O–H groups in total. The number of amides is 2. The largest absolute Gasteiger partial charge is 0.493 e. The minimum atomic E-state index is -0.0230. The molecule has 0 aromatic heterocycles. The van der Waals surface area contributed by atoms with Crippen molar-refractivity contribution >= 4 is 11.8 Å². The molecule has 0 atom stereocenters. The molecule has 150 valence electrons. The number of nitrogens with zero attached hydrogens (tertiary/aromatic N) is 3. The van der Waals surface area contributed by atoms with Crippen LogP contribution in [0.2, 0.25) is 0 Å². The number of hydrogen-bond donors (Lipinski definition) is 0. The zero-order valence-corrected chi connectivity index (χ0v) is 17.0. The fraction of sp³-hybridized carbons (Fsp3) is 0.600. The Morgan fingerprint density at radius 2 is 1.85 bits per heavy atom. The predicted octanol–water partition coefficient (Wildman–Crippen LogP) is 1.72. The van der Waals surface area contributed by atoms with Gasteiger partial charge in [0.2, 0.25) is 5.91 Å². The number of rotatable bonds is 6. The third-order valence-corrected chi connectivity index (χ3v) is 4.51. The first-order valence-corrected chi connectivity index (χ1v) is 9.38. The van der Waals surface area contributed by atoms with Crippen molar-refractivity contribution in [3.63, 3.8) is 0 Å². The summed E-state index contributed by atoms with van der Waals surface area (Å²) in [7, 11) is 5.09. The van der Waals surface area contributed by atoms with Gasteiger partial charge in [0.1, 0.15) is 0 Å². The Labute approximate surface area is 161 Å². The minimum Gasteiger partial charge on any atom is -0.493 e. The van der Waals surface area contributed by atoms with Crippen LogP contribution in [-0.2, 0) is 4.79 Å². The number of ether oxygens (including phenoxy) is 2. The van der Waals surface area contributed by atoms with Gasteiger partial charge < -0.3 is 19.3 Å². The van der Waals surface area contributed by atoms with Gasteiger partial charge in [0, 0.05) is 45.8 Å². The van der Waals surface area contributed by atoms with E-state index in [1.807, 2.05) is 18.7 Å². The summed E-state index contributed by atoms with van der Waals surface area (Å²) in [6.45, 7) is 7.07. The first-order chi connectivity index (χ1) is 12.8. The number of carbonyl (C=O) groups is 2. The topological polar surface area (TPSA) is 62.3 Å². The van der Waals surface area contributed by atoms with Gasteiger partial charge in [-0.15, -0.1) is 0 Å². The summed E-state index contributed by atoms with van der Waals surface area (Å²) in [6, 6.07) is 5.30. The predicted molar refractivity (Wildman–Crippen MR) is 104 cm³/mol. The fourth-order valence-electron chi connectivity index (χ4n) is 3.00. The van der Waals surface area contributed by atoms with Gasteiger partial charge in [-0.25, -0.2) is 0 Å². The SMILES string of the molecule is COc1cc(C(=O)N2CCCN(CC(=O)N(C)C)CC2)ccc1OC(C)C. The lowest BCUT2D eigenvalue weighted by Crippen LogP contribution is -2.39. The van der Waals surface area contributed by atoms with E-state index < -0.39 is 0 Å². The molecule has 7 nitrogen and oxygen atoms in total. The van der Waals surface area contributed by atoms with Crippen LogP contribution in [0.5, 0.6) is 11.5 Å². The van der Waals surface area contributed by atoms with Crippen LogP contribution < -0.4 is 9.47 Å². The Hall–Kier alpha value is -2.28. The molecule has 0 radical (unpaired) electrons. The smallest absolute Gasteiger partial charge is 0.254 e. The number of hydrogen-bond acceptors (Lipinski definition) is 5. The molecule has 0 spiro atoms. The fourth-order valence-corrected chi connectivity index (χ4v) is 3.00. The van der Waals surface area contributed by atoms with Gasteiger partial charge in [-0.1, -0.05) is 0 Å². The zero-order valence-electron chi connectivity index (χ0n) is 17.0. The Bertz CT molecular complexity index is 661. The molecule has 1 saturated heterocycles. The van der Waals surface area contributed by atoms with E-state index in [1.54, 1.807) is 44.3 Å². The highest BCUT2D eigenvalue weighted by molar-refractivity contribution is 5.95. The Balaban J connectivity index is 2.04. The van der Waals surface area contributed by atoms with E-state index >= 15 is 0 Å². The van der Waals surface area contributed by atoms with E-state index in [-0.39, 0.29) is 17.9 Å². The molecule has 1 aliphatic heterocycles. The van der Waals surface area contributed by atoms with Crippen molar-refractivity contribution in [3.05, 3.63) is 23.8 Å². The van der Waals surface area contributed by atoms with E-state index in [0.29, 0.717) is 43.2 Å². The van der Waals surface area contributed by atoms with E-state index in [2.05, 4.69) is 4.90 Å². The quantitative estimate of drug-likeness (QED) is 0.755. The average Bonchev–Trinajstić information content (AvgIpc) is 2.86. The van der Waals surface area contributed by atoms with Crippen LogP contribution in [0.15, 0.2) is 18.2 Å².